The fourth-order valence-electron chi connectivity index (χ4n) is 2.31. The van der Waals surface area contributed by atoms with Crippen LogP contribution in [0.25, 0.3) is 5.69 Å². The monoisotopic (exact) mass is 377 g/mol. The van der Waals surface area contributed by atoms with Gasteiger partial charge in [-0.15, -0.1) is 5.10 Å². The van der Waals surface area contributed by atoms with Gasteiger partial charge in [-0.2, -0.15) is 17.9 Å². The second-order valence-electron chi connectivity index (χ2n) is 5.46. The molecule has 1 aromatic heterocycles. The van der Waals surface area contributed by atoms with E-state index in [0.717, 1.165) is 24.3 Å². The van der Waals surface area contributed by atoms with Crippen LogP contribution in [0.4, 0.5) is 13.2 Å². The van der Waals surface area contributed by atoms with Crippen LogP contribution in [0.2, 0.25) is 0 Å². The van der Waals surface area contributed by atoms with Crippen LogP contribution >= 0.6 is 0 Å². The predicted octanol–water partition coefficient (Wildman–Crippen LogP) is 2.62. The van der Waals surface area contributed by atoms with E-state index in [9.17, 15) is 18.0 Å². The number of carbonyl (C=O) groups excluding carboxylic acids is 1. The van der Waals surface area contributed by atoms with Crippen molar-refractivity contribution in [3.05, 3.63) is 65.5 Å². The molecule has 1 amide bonds. The second-order valence-corrected chi connectivity index (χ2v) is 5.46. The van der Waals surface area contributed by atoms with E-state index in [1.54, 1.807) is 31.4 Å². The van der Waals surface area contributed by atoms with Crippen LogP contribution < -0.4 is 10.1 Å². The Labute approximate surface area is 151 Å². The summed E-state index contributed by atoms with van der Waals surface area (Å²) in [5.74, 6) is 0.498. The van der Waals surface area contributed by atoms with Crippen LogP contribution in [0.1, 0.15) is 21.7 Å². The van der Waals surface area contributed by atoms with Crippen molar-refractivity contribution in [2.24, 2.45) is 0 Å². The van der Waals surface area contributed by atoms with Crippen molar-refractivity contribution < 1.29 is 22.7 Å². The molecule has 0 saturated carbocycles. The summed E-state index contributed by atoms with van der Waals surface area (Å²) in [6.07, 6.45) is -4.45. The zero-order chi connectivity index (χ0) is 19.4. The molecule has 3 rings (SSSR count). The van der Waals surface area contributed by atoms with Crippen LogP contribution in [0, 0.1) is 0 Å². The largest absolute Gasteiger partial charge is 0.497 e. The van der Waals surface area contributed by atoms with E-state index in [1.807, 2.05) is 0 Å². The van der Waals surface area contributed by atoms with E-state index in [-0.39, 0.29) is 12.1 Å². The van der Waals surface area contributed by atoms with Gasteiger partial charge in [0.2, 0.25) is 0 Å². The standard InChI is InChI=1S/C17H14F3N5O2/c1-27-14-8-6-13(7-9-14)25-15(22-23-24-25)10-21-16(26)11-2-4-12(5-3-11)17(18,19)20/h2-9H,10H2,1H3,(H,21,26). The van der Waals surface area contributed by atoms with E-state index in [0.29, 0.717) is 17.3 Å². The average molecular weight is 377 g/mol. The zero-order valence-electron chi connectivity index (χ0n) is 14.1. The molecule has 3 aromatic rings. The highest BCUT2D eigenvalue weighted by Crippen LogP contribution is 2.29. The highest BCUT2D eigenvalue weighted by atomic mass is 19.4. The first kappa shape index (κ1) is 18.4. The van der Waals surface area contributed by atoms with E-state index in [2.05, 4.69) is 20.8 Å². The molecule has 0 aliphatic carbocycles. The van der Waals surface area contributed by atoms with Gasteiger partial charge in [-0.25, -0.2) is 0 Å². The Balaban J connectivity index is 1.68. The number of amides is 1. The van der Waals surface area contributed by atoms with Crippen LogP contribution in [0.15, 0.2) is 48.5 Å². The first-order valence-electron chi connectivity index (χ1n) is 7.75. The van der Waals surface area contributed by atoms with Crippen molar-refractivity contribution in [3.8, 4) is 11.4 Å². The SMILES string of the molecule is COc1ccc(-n2nnnc2CNC(=O)c2ccc(C(F)(F)F)cc2)cc1. The summed E-state index contributed by atoms with van der Waals surface area (Å²) >= 11 is 0. The molecule has 1 N–H and O–H groups in total. The summed E-state index contributed by atoms with van der Waals surface area (Å²) in [5.41, 5.74) is -0.0476. The number of methoxy groups -OCH3 is 1. The summed E-state index contributed by atoms with van der Waals surface area (Å²) in [6, 6.07) is 10.9. The highest BCUT2D eigenvalue weighted by Gasteiger charge is 2.30. The molecule has 0 spiro atoms. The molecule has 1 heterocycles. The van der Waals surface area contributed by atoms with Crippen LogP contribution in [-0.4, -0.2) is 33.2 Å². The van der Waals surface area contributed by atoms with E-state index >= 15 is 0 Å². The van der Waals surface area contributed by atoms with Gasteiger partial charge < -0.3 is 10.1 Å². The van der Waals surface area contributed by atoms with Crippen LogP contribution in [0.3, 0.4) is 0 Å². The van der Waals surface area contributed by atoms with Gasteiger partial charge in [-0.1, -0.05) is 0 Å². The Morgan fingerprint density at radius 2 is 1.78 bits per heavy atom. The normalized spacial score (nSPS) is 11.3. The average Bonchev–Trinajstić information content (AvgIpc) is 3.14. The number of aromatic nitrogens is 4. The summed E-state index contributed by atoms with van der Waals surface area (Å²) in [4.78, 5) is 12.1. The van der Waals surface area contributed by atoms with Crippen molar-refractivity contribution in [1.82, 2.24) is 25.5 Å². The molecular formula is C17H14F3N5O2. The molecule has 10 heteroatoms. The molecule has 0 radical (unpaired) electrons. The maximum Gasteiger partial charge on any atom is 0.416 e. The van der Waals surface area contributed by atoms with Crippen LogP contribution in [-0.2, 0) is 12.7 Å². The number of nitrogens with zero attached hydrogens (tertiary/aromatic N) is 4. The van der Waals surface area contributed by atoms with Gasteiger partial charge in [-0.3, -0.25) is 4.79 Å². The van der Waals surface area contributed by atoms with E-state index < -0.39 is 17.6 Å². The Morgan fingerprint density at radius 1 is 1.11 bits per heavy atom. The molecular weight excluding hydrogens is 363 g/mol. The fourth-order valence-corrected chi connectivity index (χ4v) is 2.31. The molecule has 140 valence electrons. The fraction of sp³-hybridized carbons (Fsp3) is 0.176. The van der Waals surface area contributed by atoms with Gasteiger partial charge >= 0.3 is 6.18 Å². The van der Waals surface area contributed by atoms with Crippen molar-refractivity contribution in [2.45, 2.75) is 12.7 Å². The number of halogens is 3. The lowest BCUT2D eigenvalue weighted by Crippen LogP contribution is -2.24. The third-order valence-corrected chi connectivity index (χ3v) is 3.73. The van der Waals surface area contributed by atoms with Gasteiger partial charge in [-0.05, 0) is 59.0 Å². The van der Waals surface area contributed by atoms with Crippen molar-refractivity contribution >= 4 is 5.91 Å². The maximum atomic E-state index is 12.6. The number of benzene rings is 2. The molecule has 7 nitrogen and oxygen atoms in total. The summed E-state index contributed by atoms with van der Waals surface area (Å²) in [7, 11) is 1.55. The van der Waals surface area contributed by atoms with Gasteiger partial charge in [0.25, 0.3) is 5.91 Å². The van der Waals surface area contributed by atoms with Gasteiger partial charge in [0.1, 0.15) is 5.75 Å². The molecule has 0 unspecified atom stereocenters. The number of hydrogen-bond donors (Lipinski definition) is 1. The zero-order valence-corrected chi connectivity index (χ0v) is 14.1. The van der Waals surface area contributed by atoms with Gasteiger partial charge in [0, 0.05) is 5.56 Å². The van der Waals surface area contributed by atoms with Crippen molar-refractivity contribution in [2.75, 3.05) is 7.11 Å². The third kappa shape index (κ3) is 4.22. The molecule has 0 fully saturated rings. The highest BCUT2D eigenvalue weighted by molar-refractivity contribution is 5.94. The predicted molar refractivity (Wildman–Crippen MR) is 88.3 cm³/mol. The number of rotatable bonds is 5. The first-order valence-corrected chi connectivity index (χ1v) is 7.75. The molecule has 0 saturated heterocycles. The quantitative estimate of drug-likeness (QED) is 0.739. The lowest BCUT2D eigenvalue weighted by Gasteiger charge is -2.09. The van der Waals surface area contributed by atoms with Gasteiger partial charge in [0.05, 0.1) is 24.9 Å². The van der Waals surface area contributed by atoms with Crippen LogP contribution in [0.5, 0.6) is 5.75 Å². The molecule has 0 aliphatic heterocycles. The van der Waals surface area contributed by atoms with Crippen molar-refractivity contribution in [3.63, 3.8) is 0 Å². The molecule has 0 atom stereocenters. The smallest absolute Gasteiger partial charge is 0.416 e. The van der Waals surface area contributed by atoms with E-state index in [4.69, 9.17) is 4.74 Å². The number of alkyl halides is 3. The Kier molecular flexibility index (Phi) is 5.06. The van der Waals surface area contributed by atoms with E-state index in [1.165, 1.54) is 4.68 Å². The third-order valence-electron chi connectivity index (χ3n) is 3.73. The lowest BCUT2D eigenvalue weighted by molar-refractivity contribution is -0.137. The number of nitrogens with one attached hydrogen (secondary N) is 1. The maximum absolute atomic E-state index is 12.6. The minimum absolute atomic E-state index is 0.00111. The molecule has 0 bridgehead atoms. The minimum atomic E-state index is -4.45. The lowest BCUT2D eigenvalue weighted by atomic mass is 10.1. The second kappa shape index (κ2) is 7.44. The number of hydrogen-bond acceptors (Lipinski definition) is 5. The number of tetrazole rings is 1. The number of ether oxygens (including phenoxy) is 1. The first-order chi connectivity index (χ1) is 12.9. The Morgan fingerprint density at radius 3 is 2.37 bits per heavy atom. The minimum Gasteiger partial charge on any atom is -0.497 e. The summed E-state index contributed by atoms with van der Waals surface area (Å²) in [6.45, 7) is -0.00111. The molecule has 27 heavy (non-hydrogen) atoms. The van der Waals surface area contributed by atoms with Gasteiger partial charge in [0.15, 0.2) is 5.82 Å². The summed E-state index contributed by atoms with van der Waals surface area (Å²) in [5, 5.41) is 13.9. The molecule has 2 aromatic carbocycles. The Hall–Kier alpha value is -3.43. The topological polar surface area (TPSA) is 81.9 Å². The Bertz CT molecular complexity index is 921. The molecule has 0 aliphatic rings. The number of carbonyl (C=O) groups is 1. The summed E-state index contributed by atoms with van der Waals surface area (Å²) < 4.78 is 44.2. The van der Waals surface area contributed by atoms with Crippen molar-refractivity contribution in [1.29, 1.82) is 0 Å².